The molecule has 0 spiro atoms. The van der Waals surface area contributed by atoms with Crippen molar-refractivity contribution in [2.75, 3.05) is 0 Å². The normalized spacial score (nSPS) is 12.8. The summed E-state index contributed by atoms with van der Waals surface area (Å²) in [6.07, 6.45) is 0. The predicted molar refractivity (Wildman–Crippen MR) is 78.8 cm³/mol. The first-order chi connectivity index (χ1) is 8.71. The maximum absolute atomic E-state index is 12.5. The van der Waals surface area contributed by atoms with Crippen LogP contribution < -0.4 is 4.72 Å². The van der Waals surface area contributed by atoms with Crippen LogP contribution in [0.5, 0.6) is 0 Å². The molecule has 0 atom stereocenters. The van der Waals surface area contributed by atoms with E-state index < -0.39 is 15.6 Å². The summed E-state index contributed by atoms with van der Waals surface area (Å²) in [6.45, 7) is 7.48. The molecule has 0 saturated carbocycles. The SMILES string of the molecule is Cc1cccc2c(S(=O)(=O)NC(C)(C)C)cccc12. The molecule has 0 aromatic heterocycles. The van der Waals surface area contributed by atoms with E-state index in [0.29, 0.717) is 4.90 Å². The van der Waals surface area contributed by atoms with E-state index in [1.54, 1.807) is 12.1 Å². The van der Waals surface area contributed by atoms with Crippen LogP contribution in [0.2, 0.25) is 0 Å². The fourth-order valence-corrected chi connectivity index (χ4v) is 3.77. The molecule has 2 aromatic rings. The second kappa shape index (κ2) is 4.62. The van der Waals surface area contributed by atoms with Crippen LogP contribution in [0.4, 0.5) is 0 Å². The zero-order valence-electron chi connectivity index (χ0n) is 11.7. The van der Waals surface area contributed by atoms with E-state index >= 15 is 0 Å². The van der Waals surface area contributed by atoms with Gasteiger partial charge in [-0.3, -0.25) is 0 Å². The van der Waals surface area contributed by atoms with Gasteiger partial charge in [-0.15, -0.1) is 0 Å². The topological polar surface area (TPSA) is 46.2 Å². The van der Waals surface area contributed by atoms with Crippen molar-refractivity contribution < 1.29 is 8.42 Å². The quantitative estimate of drug-likeness (QED) is 0.916. The molecule has 4 heteroatoms. The minimum atomic E-state index is -3.51. The molecule has 0 bridgehead atoms. The molecule has 0 unspecified atom stereocenters. The fourth-order valence-electron chi connectivity index (χ4n) is 2.13. The van der Waals surface area contributed by atoms with Crippen molar-refractivity contribution in [3.05, 3.63) is 42.0 Å². The summed E-state index contributed by atoms with van der Waals surface area (Å²) in [4.78, 5) is 0.337. The van der Waals surface area contributed by atoms with Gasteiger partial charge in [0.25, 0.3) is 0 Å². The first kappa shape index (κ1) is 14.0. The molecule has 0 aliphatic rings. The highest BCUT2D eigenvalue weighted by Gasteiger charge is 2.23. The Morgan fingerprint density at radius 3 is 2.16 bits per heavy atom. The van der Waals surface area contributed by atoms with E-state index in [2.05, 4.69) is 4.72 Å². The Labute approximate surface area is 114 Å². The lowest BCUT2D eigenvalue weighted by molar-refractivity contribution is 0.492. The summed E-state index contributed by atoms with van der Waals surface area (Å²) in [5.74, 6) is 0. The molecule has 3 nitrogen and oxygen atoms in total. The van der Waals surface area contributed by atoms with Gasteiger partial charge in [0, 0.05) is 10.9 Å². The van der Waals surface area contributed by atoms with Crippen LogP contribution in [-0.2, 0) is 10.0 Å². The molecule has 102 valence electrons. The molecule has 0 saturated heterocycles. The smallest absolute Gasteiger partial charge is 0.207 e. The number of hydrogen-bond donors (Lipinski definition) is 1. The van der Waals surface area contributed by atoms with Gasteiger partial charge in [-0.1, -0.05) is 30.3 Å². The molecule has 0 aliphatic heterocycles. The van der Waals surface area contributed by atoms with Crippen molar-refractivity contribution in [2.45, 2.75) is 38.1 Å². The first-order valence-corrected chi connectivity index (χ1v) is 7.71. The van der Waals surface area contributed by atoms with E-state index in [4.69, 9.17) is 0 Å². The number of fused-ring (bicyclic) bond motifs is 1. The molecule has 0 radical (unpaired) electrons. The molecular formula is C15H19NO2S. The van der Waals surface area contributed by atoms with Crippen molar-refractivity contribution in [3.63, 3.8) is 0 Å². The monoisotopic (exact) mass is 277 g/mol. The van der Waals surface area contributed by atoms with Gasteiger partial charge < -0.3 is 0 Å². The molecule has 2 aromatic carbocycles. The highest BCUT2D eigenvalue weighted by molar-refractivity contribution is 7.89. The number of sulfonamides is 1. The highest BCUT2D eigenvalue weighted by Crippen LogP contribution is 2.26. The Hall–Kier alpha value is -1.39. The molecule has 1 N–H and O–H groups in total. The summed E-state index contributed by atoms with van der Waals surface area (Å²) < 4.78 is 27.6. The van der Waals surface area contributed by atoms with Crippen LogP contribution in [0.3, 0.4) is 0 Å². The number of aryl methyl sites for hydroxylation is 1. The maximum Gasteiger partial charge on any atom is 0.241 e. The fraction of sp³-hybridized carbons (Fsp3) is 0.333. The summed E-state index contributed by atoms with van der Waals surface area (Å²) in [5.41, 5.74) is 0.579. The lowest BCUT2D eigenvalue weighted by atomic mass is 10.1. The van der Waals surface area contributed by atoms with Gasteiger partial charge >= 0.3 is 0 Å². The lowest BCUT2D eigenvalue weighted by Crippen LogP contribution is -2.40. The van der Waals surface area contributed by atoms with Crippen LogP contribution in [0.15, 0.2) is 41.3 Å². The zero-order valence-corrected chi connectivity index (χ0v) is 12.5. The molecule has 0 amide bonds. The van der Waals surface area contributed by atoms with Crippen LogP contribution in [-0.4, -0.2) is 14.0 Å². The second-order valence-corrected chi connectivity index (χ2v) is 7.43. The van der Waals surface area contributed by atoms with Crippen LogP contribution >= 0.6 is 0 Å². The van der Waals surface area contributed by atoms with Crippen molar-refractivity contribution in [1.29, 1.82) is 0 Å². The number of rotatable bonds is 2. The van der Waals surface area contributed by atoms with E-state index in [1.165, 1.54) is 0 Å². The molecule has 0 heterocycles. The summed E-state index contributed by atoms with van der Waals surface area (Å²) >= 11 is 0. The third kappa shape index (κ3) is 2.96. The largest absolute Gasteiger partial charge is 0.241 e. The first-order valence-electron chi connectivity index (χ1n) is 6.23. The van der Waals surface area contributed by atoms with Crippen LogP contribution in [0.1, 0.15) is 26.3 Å². The molecule has 2 rings (SSSR count). The Balaban J connectivity index is 2.67. The predicted octanol–water partition coefficient (Wildman–Crippen LogP) is 3.23. The van der Waals surface area contributed by atoms with Crippen molar-refractivity contribution >= 4 is 20.8 Å². The van der Waals surface area contributed by atoms with Crippen molar-refractivity contribution in [3.8, 4) is 0 Å². The number of benzene rings is 2. The Kier molecular flexibility index (Phi) is 3.41. The van der Waals surface area contributed by atoms with Gasteiger partial charge in [-0.25, -0.2) is 13.1 Å². The molecule has 0 fully saturated rings. The van der Waals surface area contributed by atoms with Crippen molar-refractivity contribution in [2.24, 2.45) is 0 Å². The highest BCUT2D eigenvalue weighted by atomic mass is 32.2. The molecule has 0 aliphatic carbocycles. The maximum atomic E-state index is 12.5. The van der Waals surface area contributed by atoms with Crippen LogP contribution in [0, 0.1) is 6.92 Å². The third-order valence-electron chi connectivity index (χ3n) is 2.83. The minimum Gasteiger partial charge on any atom is -0.207 e. The van der Waals surface area contributed by atoms with Crippen molar-refractivity contribution in [1.82, 2.24) is 4.72 Å². The van der Waals surface area contributed by atoms with E-state index in [-0.39, 0.29) is 0 Å². The average molecular weight is 277 g/mol. The van der Waals surface area contributed by atoms with E-state index in [9.17, 15) is 8.42 Å². The number of nitrogens with one attached hydrogen (secondary N) is 1. The van der Waals surface area contributed by atoms with Gasteiger partial charge in [0.2, 0.25) is 10.0 Å². The van der Waals surface area contributed by atoms with Gasteiger partial charge in [0.15, 0.2) is 0 Å². The Bertz CT molecular complexity index is 712. The average Bonchev–Trinajstić information content (AvgIpc) is 2.25. The van der Waals surface area contributed by atoms with E-state index in [1.807, 2.05) is 52.0 Å². The van der Waals surface area contributed by atoms with Gasteiger partial charge in [0.05, 0.1) is 4.90 Å². The van der Waals surface area contributed by atoms with Gasteiger partial charge in [0.1, 0.15) is 0 Å². The summed E-state index contributed by atoms with van der Waals surface area (Å²) in [6, 6.07) is 11.1. The number of hydrogen-bond acceptors (Lipinski definition) is 2. The minimum absolute atomic E-state index is 0.337. The van der Waals surface area contributed by atoms with Gasteiger partial charge in [-0.05, 0) is 44.7 Å². The van der Waals surface area contributed by atoms with E-state index in [0.717, 1.165) is 16.3 Å². The van der Waals surface area contributed by atoms with Crippen LogP contribution in [0.25, 0.3) is 10.8 Å². The lowest BCUT2D eigenvalue weighted by Gasteiger charge is -2.21. The Morgan fingerprint density at radius 1 is 0.947 bits per heavy atom. The zero-order chi connectivity index (χ0) is 14.3. The molecular weight excluding hydrogens is 258 g/mol. The second-order valence-electron chi connectivity index (χ2n) is 5.78. The Morgan fingerprint density at radius 2 is 1.53 bits per heavy atom. The van der Waals surface area contributed by atoms with Gasteiger partial charge in [-0.2, -0.15) is 0 Å². The standard InChI is InChI=1S/C15H19NO2S/c1-11-7-5-9-13-12(11)8-6-10-14(13)19(17,18)16-15(2,3)4/h5-10,16H,1-4H3. The third-order valence-corrected chi connectivity index (χ3v) is 4.65. The summed E-state index contributed by atoms with van der Waals surface area (Å²) in [7, 11) is -3.51. The molecule has 19 heavy (non-hydrogen) atoms. The summed E-state index contributed by atoms with van der Waals surface area (Å²) in [5, 5.41) is 1.73.